The standard InChI is InChI=1S/C19H27N5OS2/c1-14(2)12-20-18-22-23-19(27-18)26-13-17(25)21-15-6-8-16(9-7-15)24-10-4-3-5-11-24/h6-9,14H,3-5,10-13H2,1-2H3,(H,20,22)(H,21,25). The van der Waals surface area contributed by atoms with Gasteiger partial charge in [-0.25, -0.2) is 0 Å². The average molecular weight is 406 g/mol. The van der Waals surface area contributed by atoms with Gasteiger partial charge in [-0.1, -0.05) is 36.9 Å². The second-order valence-corrected chi connectivity index (χ2v) is 9.28. The lowest BCUT2D eigenvalue weighted by Crippen LogP contribution is -2.29. The number of nitrogens with zero attached hydrogens (tertiary/aromatic N) is 3. The van der Waals surface area contributed by atoms with Crippen molar-refractivity contribution in [1.29, 1.82) is 0 Å². The van der Waals surface area contributed by atoms with E-state index in [1.165, 1.54) is 48.0 Å². The van der Waals surface area contributed by atoms with Gasteiger partial charge in [0, 0.05) is 31.0 Å². The summed E-state index contributed by atoms with van der Waals surface area (Å²) in [4.78, 5) is 14.6. The van der Waals surface area contributed by atoms with E-state index in [1.54, 1.807) is 0 Å². The summed E-state index contributed by atoms with van der Waals surface area (Å²) in [5.41, 5.74) is 2.07. The van der Waals surface area contributed by atoms with Gasteiger partial charge in [0.25, 0.3) is 0 Å². The van der Waals surface area contributed by atoms with Crippen molar-refractivity contribution in [2.75, 3.05) is 40.9 Å². The molecule has 1 saturated heterocycles. The molecule has 1 aliphatic heterocycles. The van der Waals surface area contributed by atoms with Crippen molar-refractivity contribution in [2.24, 2.45) is 5.92 Å². The molecule has 1 amide bonds. The first-order valence-electron chi connectivity index (χ1n) is 9.45. The highest BCUT2D eigenvalue weighted by Gasteiger charge is 2.12. The predicted molar refractivity (Wildman–Crippen MR) is 115 cm³/mol. The maximum atomic E-state index is 12.2. The highest BCUT2D eigenvalue weighted by atomic mass is 32.2. The van der Waals surface area contributed by atoms with Crippen molar-refractivity contribution in [3.05, 3.63) is 24.3 Å². The molecular weight excluding hydrogens is 378 g/mol. The number of nitrogens with one attached hydrogen (secondary N) is 2. The van der Waals surface area contributed by atoms with Crippen molar-refractivity contribution in [3.63, 3.8) is 0 Å². The number of benzene rings is 1. The van der Waals surface area contributed by atoms with E-state index in [0.717, 1.165) is 34.8 Å². The molecule has 0 saturated carbocycles. The monoisotopic (exact) mass is 405 g/mol. The van der Waals surface area contributed by atoms with Gasteiger partial charge >= 0.3 is 0 Å². The Morgan fingerprint density at radius 3 is 2.63 bits per heavy atom. The zero-order valence-electron chi connectivity index (χ0n) is 15.9. The summed E-state index contributed by atoms with van der Waals surface area (Å²) in [5.74, 6) is 0.849. The Balaban J connectivity index is 1.43. The fourth-order valence-corrected chi connectivity index (χ4v) is 4.42. The molecule has 2 heterocycles. The quantitative estimate of drug-likeness (QED) is 0.637. The van der Waals surface area contributed by atoms with Gasteiger partial charge in [-0.05, 0) is 49.4 Å². The van der Waals surface area contributed by atoms with E-state index in [2.05, 4.69) is 51.7 Å². The molecule has 1 aromatic carbocycles. The Kier molecular flexibility index (Phi) is 7.34. The van der Waals surface area contributed by atoms with Crippen LogP contribution in [0.3, 0.4) is 0 Å². The molecule has 1 fully saturated rings. The lowest BCUT2D eigenvalue weighted by Gasteiger charge is -2.28. The molecule has 0 bridgehead atoms. The van der Waals surface area contributed by atoms with Crippen LogP contribution in [0.1, 0.15) is 33.1 Å². The Morgan fingerprint density at radius 1 is 1.19 bits per heavy atom. The molecule has 2 aromatic rings. The number of hydrogen-bond donors (Lipinski definition) is 2. The largest absolute Gasteiger partial charge is 0.372 e. The van der Waals surface area contributed by atoms with E-state index in [4.69, 9.17) is 0 Å². The van der Waals surface area contributed by atoms with E-state index < -0.39 is 0 Å². The molecule has 6 nitrogen and oxygen atoms in total. The molecule has 27 heavy (non-hydrogen) atoms. The fraction of sp³-hybridized carbons (Fsp3) is 0.526. The molecule has 1 aliphatic rings. The molecule has 0 atom stereocenters. The van der Waals surface area contributed by atoms with Crippen LogP contribution in [0.15, 0.2) is 28.6 Å². The molecule has 1 aromatic heterocycles. The highest BCUT2D eigenvalue weighted by molar-refractivity contribution is 8.01. The van der Waals surface area contributed by atoms with Crippen LogP contribution in [-0.4, -0.2) is 41.5 Å². The Bertz CT molecular complexity index is 726. The van der Waals surface area contributed by atoms with Crippen molar-refractivity contribution in [2.45, 2.75) is 37.4 Å². The van der Waals surface area contributed by atoms with Gasteiger partial charge in [0.2, 0.25) is 11.0 Å². The number of amides is 1. The van der Waals surface area contributed by atoms with Crippen LogP contribution >= 0.6 is 23.1 Å². The van der Waals surface area contributed by atoms with Crippen molar-refractivity contribution < 1.29 is 4.79 Å². The van der Waals surface area contributed by atoms with Gasteiger partial charge in [-0.2, -0.15) is 0 Å². The van der Waals surface area contributed by atoms with E-state index >= 15 is 0 Å². The van der Waals surface area contributed by atoms with Crippen LogP contribution in [0.4, 0.5) is 16.5 Å². The molecule has 0 spiro atoms. The van der Waals surface area contributed by atoms with Crippen LogP contribution in [0, 0.1) is 5.92 Å². The molecule has 8 heteroatoms. The Hall–Kier alpha value is -1.80. The lowest BCUT2D eigenvalue weighted by atomic mass is 10.1. The second-order valence-electron chi connectivity index (χ2n) is 7.08. The van der Waals surface area contributed by atoms with Gasteiger partial charge in [-0.3, -0.25) is 4.79 Å². The molecule has 0 radical (unpaired) electrons. The first-order valence-corrected chi connectivity index (χ1v) is 11.3. The van der Waals surface area contributed by atoms with Crippen LogP contribution < -0.4 is 15.5 Å². The van der Waals surface area contributed by atoms with Crippen LogP contribution in [0.25, 0.3) is 0 Å². The minimum Gasteiger partial charge on any atom is -0.372 e. The third-order valence-electron chi connectivity index (χ3n) is 4.27. The van der Waals surface area contributed by atoms with Crippen LogP contribution in [0.5, 0.6) is 0 Å². The maximum absolute atomic E-state index is 12.2. The number of thioether (sulfide) groups is 1. The number of carbonyl (C=O) groups excluding carboxylic acids is 1. The minimum atomic E-state index is -0.0300. The summed E-state index contributed by atoms with van der Waals surface area (Å²) in [5, 5.41) is 15.2. The number of piperidine rings is 1. The van der Waals surface area contributed by atoms with Gasteiger partial charge in [0.05, 0.1) is 5.75 Å². The molecule has 0 aliphatic carbocycles. The summed E-state index contributed by atoms with van der Waals surface area (Å²) >= 11 is 2.90. The van der Waals surface area contributed by atoms with Crippen molar-refractivity contribution in [1.82, 2.24) is 10.2 Å². The van der Waals surface area contributed by atoms with E-state index in [9.17, 15) is 4.79 Å². The summed E-state index contributed by atoms with van der Waals surface area (Å²) in [7, 11) is 0. The lowest BCUT2D eigenvalue weighted by molar-refractivity contribution is -0.113. The number of carbonyl (C=O) groups is 1. The number of aromatic nitrogens is 2. The molecule has 3 rings (SSSR count). The molecule has 0 unspecified atom stereocenters. The van der Waals surface area contributed by atoms with Gasteiger partial charge in [0.1, 0.15) is 0 Å². The normalized spacial score (nSPS) is 14.4. The Labute approximate surface area is 169 Å². The highest BCUT2D eigenvalue weighted by Crippen LogP contribution is 2.26. The molecule has 146 valence electrons. The van der Waals surface area contributed by atoms with Crippen LogP contribution in [-0.2, 0) is 4.79 Å². The summed E-state index contributed by atoms with van der Waals surface area (Å²) in [6, 6.07) is 8.13. The smallest absolute Gasteiger partial charge is 0.234 e. The number of anilines is 3. The van der Waals surface area contributed by atoms with Crippen LogP contribution in [0.2, 0.25) is 0 Å². The summed E-state index contributed by atoms with van der Waals surface area (Å²) in [6.07, 6.45) is 3.85. The second kappa shape index (κ2) is 9.94. The average Bonchev–Trinajstić information content (AvgIpc) is 3.14. The zero-order valence-corrected chi connectivity index (χ0v) is 17.5. The SMILES string of the molecule is CC(C)CNc1nnc(SCC(=O)Nc2ccc(N3CCCCC3)cc2)s1. The van der Waals surface area contributed by atoms with E-state index in [-0.39, 0.29) is 5.91 Å². The fourth-order valence-electron chi connectivity index (χ4n) is 2.86. The number of hydrogen-bond acceptors (Lipinski definition) is 7. The van der Waals surface area contributed by atoms with Gasteiger partial charge in [0.15, 0.2) is 4.34 Å². The Morgan fingerprint density at radius 2 is 1.93 bits per heavy atom. The maximum Gasteiger partial charge on any atom is 0.234 e. The van der Waals surface area contributed by atoms with E-state index in [1.807, 2.05) is 12.1 Å². The minimum absolute atomic E-state index is 0.0300. The third-order valence-corrected chi connectivity index (χ3v) is 6.28. The zero-order chi connectivity index (χ0) is 19.1. The topological polar surface area (TPSA) is 70.1 Å². The van der Waals surface area contributed by atoms with Crippen molar-refractivity contribution >= 4 is 45.5 Å². The van der Waals surface area contributed by atoms with Gasteiger partial charge < -0.3 is 15.5 Å². The summed E-state index contributed by atoms with van der Waals surface area (Å²) < 4.78 is 0.803. The summed E-state index contributed by atoms with van der Waals surface area (Å²) in [6.45, 7) is 7.41. The van der Waals surface area contributed by atoms with Crippen molar-refractivity contribution in [3.8, 4) is 0 Å². The van der Waals surface area contributed by atoms with Gasteiger partial charge in [-0.15, -0.1) is 10.2 Å². The first kappa shape index (κ1) is 19.9. The number of rotatable bonds is 8. The third kappa shape index (κ3) is 6.39. The first-order chi connectivity index (χ1) is 13.1. The molecule has 2 N–H and O–H groups in total. The molecular formula is C19H27N5OS2. The van der Waals surface area contributed by atoms with E-state index in [0.29, 0.717) is 11.7 Å². The predicted octanol–water partition coefficient (Wildman–Crippen LogP) is 4.33.